The Kier molecular flexibility index (Phi) is 5.70. The molecule has 4 rings (SSSR count). The predicted molar refractivity (Wildman–Crippen MR) is 124 cm³/mol. The average molecular weight is 425 g/mol. The summed E-state index contributed by atoms with van der Waals surface area (Å²) in [5.41, 5.74) is 6.90. The number of benzene rings is 3. The van der Waals surface area contributed by atoms with Crippen LogP contribution in [0.2, 0.25) is 0 Å². The Bertz CT molecular complexity index is 1210. The van der Waals surface area contributed by atoms with Gasteiger partial charge in [0.15, 0.2) is 0 Å². The smallest absolute Gasteiger partial charge is 0.414 e. The molecule has 160 valence electrons. The molecular weight excluding hydrogens is 402 g/mol. The van der Waals surface area contributed by atoms with Gasteiger partial charge in [-0.2, -0.15) is 0 Å². The summed E-state index contributed by atoms with van der Waals surface area (Å²) in [6.45, 7) is 1.98. The van der Waals surface area contributed by atoms with E-state index in [4.69, 9.17) is 11.2 Å². The number of ether oxygens (including phenoxy) is 1. The van der Waals surface area contributed by atoms with Gasteiger partial charge in [-0.15, -0.1) is 6.42 Å². The first-order valence-corrected chi connectivity index (χ1v) is 10.3. The molecule has 0 spiro atoms. The molecule has 5 heteroatoms. The summed E-state index contributed by atoms with van der Waals surface area (Å²) in [4.78, 5) is 25.6. The molecule has 0 unspecified atom stereocenters. The molecular formula is C27H23NO4. The predicted octanol–water partition coefficient (Wildman–Crippen LogP) is 4.99. The summed E-state index contributed by atoms with van der Waals surface area (Å²) in [6, 6.07) is 19.7. The Morgan fingerprint density at radius 1 is 1.06 bits per heavy atom. The van der Waals surface area contributed by atoms with E-state index >= 15 is 0 Å². The molecule has 0 fully saturated rings. The number of terminal acetylenes is 1. The van der Waals surface area contributed by atoms with Gasteiger partial charge in [-0.3, -0.25) is 9.69 Å². The molecule has 3 aromatic rings. The number of hydrogen-bond donors (Lipinski definition) is 1. The van der Waals surface area contributed by atoms with Crippen molar-refractivity contribution in [3.8, 4) is 23.5 Å². The maximum Gasteiger partial charge on any atom is 0.414 e. The van der Waals surface area contributed by atoms with Crippen LogP contribution in [0.15, 0.2) is 60.7 Å². The van der Waals surface area contributed by atoms with Crippen molar-refractivity contribution in [1.82, 2.24) is 0 Å². The summed E-state index contributed by atoms with van der Waals surface area (Å²) in [5.74, 6) is 1.53. The second-order valence-electron chi connectivity index (χ2n) is 7.86. The molecule has 1 aliphatic carbocycles. The molecule has 0 aromatic heterocycles. The van der Waals surface area contributed by atoms with Crippen LogP contribution in [-0.4, -0.2) is 30.8 Å². The van der Waals surface area contributed by atoms with Gasteiger partial charge in [-0.25, -0.2) is 4.79 Å². The molecule has 0 bridgehead atoms. The lowest BCUT2D eigenvalue weighted by atomic mass is 9.98. The zero-order chi connectivity index (χ0) is 22.8. The van der Waals surface area contributed by atoms with Gasteiger partial charge in [-0.1, -0.05) is 54.5 Å². The molecule has 0 heterocycles. The van der Waals surface area contributed by atoms with E-state index in [1.807, 2.05) is 24.3 Å². The number of carboxylic acid groups (broad SMARTS) is 1. The van der Waals surface area contributed by atoms with Gasteiger partial charge in [0.2, 0.25) is 0 Å². The van der Waals surface area contributed by atoms with E-state index in [9.17, 15) is 14.7 Å². The van der Waals surface area contributed by atoms with Crippen LogP contribution in [0.25, 0.3) is 11.1 Å². The lowest BCUT2D eigenvalue weighted by Crippen LogP contribution is -2.29. The van der Waals surface area contributed by atoms with Gasteiger partial charge in [-0.05, 0) is 52.4 Å². The van der Waals surface area contributed by atoms with Crippen molar-refractivity contribution in [2.45, 2.75) is 19.3 Å². The monoisotopic (exact) mass is 425 g/mol. The largest absolute Gasteiger partial charge is 0.481 e. The Morgan fingerprint density at radius 2 is 1.66 bits per heavy atom. The van der Waals surface area contributed by atoms with Crippen molar-refractivity contribution < 1.29 is 19.4 Å². The van der Waals surface area contributed by atoms with Crippen LogP contribution >= 0.6 is 0 Å². The number of amides is 1. The van der Waals surface area contributed by atoms with E-state index in [1.165, 1.54) is 4.90 Å². The number of carboxylic acids is 1. The van der Waals surface area contributed by atoms with Gasteiger partial charge in [0.1, 0.15) is 6.61 Å². The summed E-state index contributed by atoms with van der Waals surface area (Å²) >= 11 is 0. The topological polar surface area (TPSA) is 66.8 Å². The number of aliphatic carboxylic acids is 1. The van der Waals surface area contributed by atoms with Crippen LogP contribution in [0.1, 0.15) is 33.7 Å². The highest BCUT2D eigenvalue weighted by atomic mass is 16.6. The third-order valence-electron chi connectivity index (χ3n) is 5.97. The number of fused-ring (bicyclic) bond motifs is 3. The van der Waals surface area contributed by atoms with Gasteiger partial charge in [0.25, 0.3) is 0 Å². The summed E-state index contributed by atoms with van der Waals surface area (Å²) in [6.07, 6.45) is 4.85. The first-order valence-electron chi connectivity index (χ1n) is 10.3. The average Bonchev–Trinajstić information content (AvgIpc) is 3.12. The minimum Gasteiger partial charge on any atom is -0.481 e. The molecule has 0 saturated heterocycles. The second-order valence-corrected chi connectivity index (χ2v) is 7.86. The van der Waals surface area contributed by atoms with Crippen molar-refractivity contribution in [2.24, 2.45) is 0 Å². The second kappa shape index (κ2) is 8.60. The van der Waals surface area contributed by atoms with Crippen LogP contribution in [0, 0.1) is 19.3 Å². The molecule has 0 saturated carbocycles. The first-order chi connectivity index (χ1) is 15.4. The summed E-state index contributed by atoms with van der Waals surface area (Å²) in [5, 5.41) is 9.20. The molecule has 0 aliphatic heterocycles. The molecule has 1 N–H and O–H groups in total. The van der Waals surface area contributed by atoms with Crippen LogP contribution in [0.4, 0.5) is 10.5 Å². The Balaban J connectivity index is 1.57. The fraction of sp³-hybridized carbons (Fsp3) is 0.185. The highest BCUT2D eigenvalue weighted by Gasteiger charge is 2.29. The Hall–Kier alpha value is -4.04. The maximum atomic E-state index is 12.9. The Labute approximate surface area is 187 Å². The van der Waals surface area contributed by atoms with E-state index < -0.39 is 12.1 Å². The minimum atomic E-state index is -0.961. The molecule has 1 aliphatic rings. The van der Waals surface area contributed by atoms with E-state index in [-0.39, 0.29) is 18.9 Å². The number of rotatable bonds is 5. The SMILES string of the molecule is C#Cc1cc(CC(=O)O)c(C)c(N(C)C(=O)OCC2c3ccccc3-c3ccccc32)c1. The van der Waals surface area contributed by atoms with Crippen molar-refractivity contribution in [3.05, 3.63) is 88.5 Å². The number of hydrogen-bond acceptors (Lipinski definition) is 3. The van der Waals surface area contributed by atoms with Crippen molar-refractivity contribution in [3.63, 3.8) is 0 Å². The quantitative estimate of drug-likeness (QED) is 0.585. The van der Waals surface area contributed by atoms with Crippen molar-refractivity contribution in [2.75, 3.05) is 18.6 Å². The third kappa shape index (κ3) is 3.83. The molecule has 32 heavy (non-hydrogen) atoms. The normalized spacial score (nSPS) is 11.9. The van der Waals surface area contributed by atoms with Crippen LogP contribution in [0.3, 0.4) is 0 Å². The van der Waals surface area contributed by atoms with Crippen LogP contribution in [0.5, 0.6) is 0 Å². The zero-order valence-electron chi connectivity index (χ0n) is 18.0. The maximum absolute atomic E-state index is 12.9. The van der Waals surface area contributed by atoms with Gasteiger partial charge in [0, 0.05) is 18.5 Å². The molecule has 1 amide bonds. The molecule has 3 aromatic carbocycles. The number of anilines is 1. The zero-order valence-corrected chi connectivity index (χ0v) is 18.0. The molecule has 0 radical (unpaired) electrons. The lowest BCUT2D eigenvalue weighted by Gasteiger charge is -2.22. The van der Waals surface area contributed by atoms with Crippen molar-refractivity contribution in [1.29, 1.82) is 0 Å². The first kappa shape index (κ1) is 21.2. The van der Waals surface area contributed by atoms with Crippen LogP contribution < -0.4 is 4.90 Å². The highest BCUT2D eigenvalue weighted by molar-refractivity contribution is 5.89. The van der Waals surface area contributed by atoms with Gasteiger partial charge >= 0.3 is 12.1 Å². The van der Waals surface area contributed by atoms with Gasteiger partial charge < -0.3 is 9.84 Å². The van der Waals surface area contributed by atoms with Crippen LogP contribution in [-0.2, 0) is 16.0 Å². The highest BCUT2D eigenvalue weighted by Crippen LogP contribution is 2.44. The molecule has 0 atom stereocenters. The summed E-state index contributed by atoms with van der Waals surface area (Å²) < 4.78 is 5.72. The van der Waals surface area contributed by atoms with E-state index in [0.717, 1.165) is 22.3 Å². The minimum absolute atomic E-state index is 0.0412. The lowest BCUT2D eigenvalue weighted by molar-refractivity contribution is -0.136. The van der Waals surface area contributed by atoms with Gasteiger partial charge in [0.05, 0.1) is 12.1 Å². The summed E-state index contributed by atoms with van der Waals surface area (Å²) in [7, 11) is 1.60. The van der Waals surface area contributed by atoms with E-state index in [0.29, 0.717) is 22.4 Å². The van der Waals surface area contributed by atoms with E-state index in [1.54, 1.807) is 26.1 Å². The fourth-order valence-electron chi connectivity index (χ4n) is 4.33. The molecule has 5 nitrogen and oxygen atoms in total. The third-order valence-corrected chi connectivity index (χ3v) is 5.97. The van der Waals surface area contributed by atoms with E-state index in [2.05, 4.69) is 30.2 Å². The Morgan fingerprint density at radius 3 is 2.22 bits per heavy atom. The van der Waals surface area contributed by atoms with Crippen molar-refractivity contribution >= 4 is 17.7 Å². The number of carbonyl (C=O) groups excluding carboxylic acids is 1. The number of nitrogens with zero attached hydrogens (tertiary/aromatic N) is 1. The standard InChI is InChI=1S/C27H23NO4/c1-4-18-13-19(15-26(29)30)17(2)25(14-18)28(3)27(31)32-16-24-22-11-7-5-9-20(22)21-10-6-8-12-23(21)24/h1,5-14,24H,15-16H2,2-3H3,(H,29,30). The fourth-order valence-corrected chi connectivity index (χ4v) is 4.33. The number of carbonyl (C=O) groups is 2.